The Hall–Kier alpha value is -4.72. The Kier molecular flexibility index (Phi) is 7.02. The van der Waals surface area contributed by atoms with Gasteiger partial charge in [0.15, 0.2) is 22.9 Å². The molecule has 1 amide bonds. The van der Waals surface area contributed by atoms with E-state index in [0.717, 1.165) is 0 Å². The van der Waals surface area contributed by atoms with Gasteiger partial charge in [0.05, 0.1) is 31.4 Å². The number of aliphatic hydroxyl groups excluding tert-OH is 1. The van der Waals surface area contributed by atoms with E-state index < -0.39 is 23.5 Å². The van der Waals surface area contributed by atoms with Gasteiger partial charge in [0, 0.05) is 11.1 Å². The molecule has 8 heteroatoms. The predicted molar refractivity (Wildman–Crippen MR) is 147 cm³/mol. The first kappa shape index (κ1) is 25.9. The minimum atomic E-state index is -0.911. The van der Waals surface area contributed by atoms with Crippen LogP contribution in [0, 0.1) is 0 Å². The summed E-state index contributed by atoms with van der Waals surface area (Å²) in [6, 6.07) is 20.0. The van der Waals surface area contributed by atoms with Gasteiger partial charge in [0.2, 0.25) is 5.78 Å². The number of hydrogen-bond donors (Lipinski definition) is 1. The summed E-state index contributed by atoms with van der Waals surface area (Å²) in [5.74, 6) is -0.166. The number of para-hydroxylation sites is 1. The lowest BCUT2D eigenvalue weighted by atomic mass is 9.94. The van der Waals surface area contributed by atoms with Crippen molar-refractivity contribution >= 4 is 28.3 Å². The van der Waals surface area contributed by atoms with Crippen molar-refractivity contribution in [2.75, 3.05) is 18.6 Å². The molecule has 3 aromatic carbocycles. The number of carbonyl (C=O) groups excluding carboxylic acids is 2. The van der Waals surface area contributed by atoms with Crippen molar-refractivity contribution in [1.82, 2.24) is 0 Å². The van der Waals surface area contributed by atoms with Crippen molar-refractivity contribution in [1.29, 1.82) is 0 Å². The number of nitrogens with zero attached hydrogens (tertiary/aromatic N) is 1. The highest BCUT2D eigenvalue weighted by molar-refractivity contribution is 6.20. The van der Waals surface area contributed by atoms with Crippen LogP contribution in [0.15, 0.2) is 88.5 Å². The largest absolute Gasteiger partial charge is 0.503 e. The monoisotopic (exact) mass is 527 g/mol. The molecule has 1 aromatic heterocycles. The van der Waals surface area contributed by atoms with Gasteiger partial charge < -0.3 is 23.7 Å². The van der Waals surface area contributed by atoms with E-state index in [0.29, 0.717) is 46.1 Å². The molecule has 200 valence electrons. The van der Waals surface area contributed by atoms with Gasteiger partial charge in [0.25, 0.3) is 5.91 Å². The molecule has 1 atom stereocenters. The molecule has 8 nitrogen and oxygen atoms in total. The van der Waals surface area contributed by atoms with Gasteiger partial charge in [-0.2, -0.15) is 0 Å². The molecule has 0 bridgehead atoms. The lowest BCUT2D eigenvalue weighted by Crippen LogP contribution is -2.31. The maximum Gasteiger partial charge on any atom is 0.294 e. The van der Waals surface area contributed by atoms with Gasteiger partial charge in [0.1, 0.15) is 11.5 Å². The Morgan fingerprint density at radius 1 is 1.03 bits per heavy atom. The van der Waals surface area contributed by atoms with Crippen LogP contribution in [0.4, 0.5) is 5.69 Å². The Morgan fingerprint density at radius 3 is 2.36 bits per heavy atom. The molecule has 0 saturated carbocycles. The van der Waals surface area contributed by atoms with E-state index in [-0.39, 0.29) is 17.4 Å². The summed E-state index contributed by atoms with van der Waals surface area (Å²) in [6.45, 7) is 6.24. The molecule has 1 N–H and O–H groups in total. The zero-order valence-electron chi connectivity index (χ0n) is 22.1. The maximum absolute atomic E-state index is 13.9. The van der Waals surface area contributed by atoms with Crippen molar-refractivity contribution in [2.45, 2.75) is 32.9 Å². The first-order valence-electron chi connectivity index (χ1n) is 12.7. The van der Waals surface area contributed by atoms with E-state index in [2.05, 4.69) is 0 Å². The SMILES string of the molecule is CCOc1ccc(N2C(=O)C(O)=C(C(=O)c3cc4cccc(OC)c4o3)C2c2ccc(OC(C)C)cc2)cc1. The number of ketones is 1. The van der Waals surface area contributed by atoms with E-state index in [1.54, 1.807) is 72.8 Å². The molecule has 2 heterocycles. The number of fused-ring (bicyclic) bond motifs is 1. The van der Waals surface area contributed by atoms with Crippen LogP contribution in [0.2, 0.25) is 0 Å². The van der Waals surface area contributed by atoms with Gasteiger partial charge in [-0.25, -0.2) is 0 Å². The normalized spacial score (nSPS) is 15.4. The number of ether oxygens (including phenoxy) is 3. The quantitative estimate of drug-likeness (QED) is 0.251. The van der Waals surface area contributed by atoms with Crippen LogP contribution >= 0.6 is 0 Å². The minimum absolute atomic E-state index is 0.0119. The summed E-state index contributed by atoms with van der Waals surface area (Å²) in [5.41, 5.74) is 1.44. The van der Waals surface area contributed by atoms with E-state index >= 15 is 0 Å². The van der Waals surface area contributed by atoms with Crippen molar-refractivity contribution in [3.63, 3.8) is 0 Å². The zero-order chi connectivity index (χ0) is 27.7. The second-order valence-corrected chi connectivity index (χ2v) is 9.32. The number of carbonyl (C=O) groups is 2. The van der Waals surface area contributed by atoms with Crippen LogP contribution in [0.3, 0.4) is 0 Å². The van der Waals surface area contributed by atoms with Crippen LogP contribution in [0.25, 0.3) is 11.0 Å². The van der Waals surface area contributed by atoms with Crippen LogP contribution in [0.1, 0.15) is 42.9 Å². The van der Waals surface area contributed by atoms with Crippen molar-refractivity contribution in [2.24, 2.45) is 0 Å². The Balaban J connectivity index is 1.60. The predicted octanol–water partition coefficient (Wildman–Crippen LogP) is 6.41. The molecule has 0 aliphatic carbocycles. The smallest absolute Gasteiger partial charge is 0.294 e. The fourth-order valence-corrected chi connectivity index (χ4v) is 4.73. The van der Waals surface area contributed by atoms with E-state index in [4.69, 9.17) is 18.6 Å². The summed E-state index contributed by atoms with van der Waals surface area (Å²) >= 11 is 0. The number of rotatable bonds is 9. The number of methoxy groups -OCH3 is 1. The Morgan fingerprint density at radius 2 is 1.72 bits per heavy atom. The molecular formula is C31H29NO7. The average molecular weight is 528 g/mol. The van der Waals surface area contributed by atoms with Crippen molar-refractivity contribution in [3.05, 3.63) is 95.5 Å². The van der Waals surface area contributed by atoms with E-state index in [9.17, 15) is 14.7 Å². The first-order chi connectivity index (χ1) is 18.8. The highest BCUT2D eigenvalue weighted by Crippen LogP contribution is 2.43. The first-order valence-corrected chi connectivity index (χ1v) is 12.7. The molecule has 0 spiro atoms. The number of Topliss-reactive ketones (excluding diaryl/α,β-unsaturated/α-hetero) is 1. The van der Waals surface area contributed by atoms with Gasteiger partial charge in [-0.3, -0.25) is 14.5 Å². The van der Waals surface area contributed by atoms with Crippen molar-refractivity contribution < 1.29 is 33.3 Å². The van der Waals surface area contributed by atoms with Gasteiger partial charge in [-0.1, -0.05) is 24.3 Å². The molecule has 39 heavy (non-hydrogen) atoms. The molecule has 1 aliphatic heterocycles. The maximum atomic E-state index is 13.9. The molecule has 1 aliphatic rings. The molecule has 0 saturated heterocycles. The number of aliphatic hydroxyl groups is 1. The van der Waals surface area contributed by atoms with Crippen molar-refractivity contribution in [3.8, 4) is 17.2 Å². The Labute approximate surface area is 226 Å². The lowest BCUT2D eigenvalue weighted by Gasteiger charge is -2.27. The fourth-order valence-electron chi connectivity index (χ4n) is 4.73. The highest BCUT2D eigenvalue weighted by Gasteiger charge is 2.45. The van der Waals surface area contributed by atoms with Crippen LogP contribution < -0.4 is 19.1 Å². The number of benzene rings is 3. The molecule has 0 radical (unpaired) electrons. The molecule has 1 unspecified atom stereocenters. The van der Waals surface area contributed by atoms with Gasteiger partial charge in [-0.15, -0.1) is 0 Å². The van der Waals surface area contributed by atoms with Crippen LogP contribution in [-0.4, -0.2) is 36.6 Å². The summed E-state index contributed by atoms with van der Waals surface area (Å²) < 4.78 is 22.6. The number of hydrogen-bond acceptors (Lipinski definition) is 7. The summed E-state index contributed by atoms with van der Waals surface area (Å²) in [5, 5.41) is 11.8. The molecule has 0 fully saturated rings. The van der Waals surface area contributed by atoms with Gasteiger partial charge in [-0.05, 0) is 74.9 Å². The summed E-state index contributed by atoms with van der Waals surface area (Å²) in [6.07, 6.45) is -0.0181. The van der Waals surface area contributed by atoms with Gasteiger partial charge >= 0.3 is 0 Å². The second-order valence-electron chi connectivity index (χ2n) is 9.32. The number of anilines is 1. The lowest BCUT2D eigenvalue weighted by molar-refractivity contribution is -0.117. The number of amides is 1. The summed E-state index contributed by atoms with van der Waals surface area (Å²) in [7, 11) is 1.51. The second kappa shape index (κ2) is 10.6. The third-order valence-corrected chi connectivity index (χ3v) is 6.40. The number of furan rings is 1. The van der Waals surface area contributed by atoms with E-state index in [1.165, 1.54) is 12.0 Å². The topological polar surface area (TPSA) is 98.4 Å². The summed E-state index contributed by atoms with van der Waals surface area (Å²) in [4.78, 5) is 28.8. The third kappa shape index (κ3) is 4.81. The van der Waals surface area contributed by atoms with E-state index in [1.807, 2.05) is 20.8 Å². The molecular weight excluding hydrogens is 498 g/mol. The molecule has 5 rings (SSSR count). The standard InChI is InChI=1S/C31H29NO7/c1-5-37-22-15-11-21(12-16-22)32-27(19-9-13-23(14-10-19)38-18(2)3)26(29(34)31(32)35)28(33)25-17-20-7-6-8-24(36-4)30(20)39-25/h6-18,27,34H,5H2,1-4H3. The molecule has 4 aromatic rings. The minimum Gasteiger partial charge on any atom is -0.503 e. The third-order valence-electron chi connectivity index (χ3n) is 6.40. The van der Waals surface area contributed by atoms with Crippen LogP contribution in [0.5, 0.6) is 17.2 Å². The Bertz CT molecular complexity index is 1550. The fraction of sp³-hybridized carbons (Fsp3) is 0.226. The zero-order valence-corrected chi connectivity index (χ0v) is 22.1. The average Bonchev–Trinajstić information content (AvgIpc) is 3.48. The highest BCUT2D eigenvalue weighted by atomic mass is 16.5. The van der Waals surface area contributed by atoms with Crippen LogP contribution in [-0.2, 0) is 4.79 Å².